The van der Waals surface area contributed by atoms with Crippen LogP contribution in [0.15, 0.2) is 24.3 Å². The predicted molar refractivity (Wildman–Crippen MR) is 87.1 cm³/mol. The average molecular weight is 277 g/mol. The summed E-state index contributed by atoms with van der Waals surface area (Å²) in [6.45, 7) is 13.5. The van der Waals surface area contributed by atoms with Crippen LogP contribution in [0.2, 0.25) is 0 Å². The molecule has 0 amide bonds. The third-order valence-corrected chi connectivity index (χ3v) is 3.44. The van der Waals surface area contributed by atoms with Crippen molar-refractivity contribution < 1.29 is 5.11 Å². The van der Waals surface area contributed by atoms with E-state index in [1.165, 1.54) is 11.1 Å². The molecule has 0 fully saturated rings. The zero-order valence-electron chi connectivity index (χ0n) is 14.0. The van der Waals surface area contributed by atoms with Gasteiger partial charge in [-0.25, -0.2) is 0 Å². The van der Waals surface area contributed by atoms with Gasteiger partial charge in [-0.15, -0.1) is 0 Å². The van der Waals surface area contributed by atoms with E-state index in [4.69, 9.17) is 5.11 Å². The standard InChI is InChI=1S/C18H31NO/c1-17(2,3)15-11-9-14(10-12-15)16(8-7-13-20)19-18(4,5)6/h9-12,16,19-20H,7-8,13H2,1-6H3. The first-order valence-electron chi connectivity index (χ1n) is 7.62. The van der Waals surface area contributed by atoms with Crippen molar-refractivity contribution in [1.82, 2.24) is 5.32 Å². The largest absolute Gasteiger partial charge is 0.396 e. The molecule has 1 aromatic carbocycles. The molecular weight excluding hydrogens is 246 g/mol. The maximum absolute atomic E-state index is 9.08. The Hall–Kier alpha value is -0.860. The summed E-state index contributed by atoms with van der Waals surface area (Å²) < 4.78 is 0. The van der Waals surface area contributed by atoms with Gasteiger partial charge in [-0.05, 0) is 50.2 Å². The van der Waals surface area contributed by atoms with Gasteiger partial charge < -0.3 is 10.4 Å². The lowest BCUT2D eigenvalue weighted by molar-refractivity contribution is 0.264. The second-order valence-electron chi connectivity index (χ2n) is 7.68. The van der Waals surface area contributed by atoms with Crippen LogP contribution in [-0.2, 0) is 5.41 Å². The normalized spacial score (nSPS) is 14.3. The van der Waals surface area contributed by atoms with Crippen LogP contribution in [0.5, 0.6) is 0 Å². The molecular formula is C18H31NO. The lowest BCUT2D eigenvalue weighted by Gasteiger charge is -2.29. The molecule has 0 radical (unpaired) electrons. The van der Waals surface area contributed by atoms with Crippen molar-refractivity contribution in [2.75, 3.05) is 6.61 Å². The first-order chi connectivity index (χ1) is 9.13. The molecule has 114 valence electrons. The molecule has 2 N–H and O–H groups in total. The Kier molecular flexibility index (Phi) is 5.79. The summed E-state index contributed by atoms with van der Waals surface area (Å²) in [6.07, 6.45) is 1.79. The van der Waals surface area contributed by atoms with Crippen molar-refractivity contribution in [3.8, 4) is 0 Å². The van der Waals surface area contributed by atoms with Gasteiger partial charge in [0.05, 0.1) is 0 Å². The van der Waals surface area contributed by atoms with Crippen LogP contribution in [0.25, 0.3) is 0 Å². The Labute approximate surface area is 124 Å². The molecule has 0 aliphatic carbocycles. The highest BCUT2D eigenvalue weighted by atomic mass is 16.2. The van der Waals surface area contributed by atoms with Gasteiger partial charge in [0, 0.05) is 18.2 Å². The summed E-state index contributed by atoms with van der Waals surface area (Å²) in [5.74, 6) is 0. The molecule has 0 heterocycles. The third kappa shape index (κ3) is 5.64. The monoisotopic (exact) mass is 277 g/mol. The van der Waals surface area contributed by atoms with E-state index >= 15 is 0 Å². The van der Waals surface area contributed by atoms with Gasteiger partial charge in [0.25, 0.3) is 0 Å². The summed E-state index contributed by atoms with van der Waals surface area (Å²) in [5.41, 5.74) is 2.93. The number of aliphatic hydroxyl groups excluding tert-OH is 1. The van der Waals surface area contributed by atoms with Gasteiger partial charge in [-0.1, -0.05) is 45.0 Å². The fraction of sp³-hybridized carbons (Fsp3) is 0.667. The van der Waals surface area contributed by atoms with Gasteiger partial charge in [-0.3, -0.25) is 0 Å². The highest BCUT2D eigenvalue weighted by Gasteiger charge is 2.19. The van der Waals surface area contributed by atoms with Gasteiger partial charge in [-0.2, -0.15) is 0 Å². The molecule has 0 aliphatic heterocycles. The molecule has 0 bridgehead atoms. The number of aliphatic hydroxyl groups is 1. The average Bonchev–Trinajstić information content (AvgIpc) is 2.32. The number of hydrogen-bond donors (Lipinski definition) is 2. The van der Waals surface area contributed by atoms with Crippen LogP contribution in [-0.4, -0.2) is 17.3 Å². The summed E-state index contributed by atoms with van der Waals surface area (Å²) in [7, 11) is 0. The zero-order chi connectivity index (χ0) is 15.4. The number of hydrogen-bond acceptors (Lipinski definition) is 2. The van der Waals surface area contributed by atoms with Crippen LogP contribution in [0.4, 0.5) is 0 Å². The molecule has 1 rings (SSSR count). The fourth-order valence-electron chi connectivity index (χ4n) is 2.36. The molecule has 2 heteroatoms. The minimum Gasteiger partial charge on any atom is -0.396 e. The second kappa shape index (κ2) is 6.73. The first-order valence-corrected chi connectivity index (χ1v) is 7.62. The molecule has 0 aromatic heterocycles. The van der Waals surface area contributed by atoms with E-state index in [2.05, 4.69) is 71.1 Å². The van der Waals surface area contributed by atoms with Crippen LogP contribution in [0, 0.1) is 0 Å². The molecule has 0 saturated heterocycles. The predicted octanol–water partition coefficient (Wildman–Crippen LogP) is 4.19. The summed E-state index contributed by atoms with van der Waals surface area (Å²) >= 11 is 0. The molecule has 1 unspecified atom stereocenters. The number of benzene rings is 1. The Morgan fingerprint density at radius 2 is 1.55 bits per heavy atom. The Morgan fingerprint density at radius 1 is 1.00 bits per heavy atom. The van der Waals surface area contributed by atoms with Crippen molar-refractivity contribution in [3.05, 3.63) is 35.4 Å². The minimum atomic E-state index is 0.0722. The van der Waals surface area contributed by atoms with E-state index in [1.54, 1.807) is 0 Å². The van der Waals surface area contributed by atoms with Crippen molar-refractivity contribution in [2.24, 2.45) is 0 Å². The maximum Gasteiger partial charge on any atom is 0.0431 e. The van der Waals surface area contributed by atoms with Gasteiger partial charge in [0.2, 0.25) is 0 Å². The van der Waals surface area contributed by atoms with E-state index in [9.17, 15) is 0 Å². The Morgan fingerprint density at radius 3 is 1.95 bits per heavy atom. The third-order valence-electron chi connectivity index (χ3n) is 3.44. The van der Waals surface area contributed by atoms with E-state index in [1.807, 2.05) is 0 Å². The second-order valence-corrected chi connectivity index (χ2v) is 7.68. The topological polar surface area (TPSA) is 32.3 Å². The smallest absolute Gasteiger partial charge is 0.0431 e. The van der Waals surface area contributed by atoms with Crippen LogP contribution >= 0.6 is 0 Å². The van der Waals surface area contributed by atoms with Crippen molar-refractivity contribution in [2.45, 2.75) is 71.4 Å². The lowest BCUT2D eigenvalue weighted by atomic mass is 9.86. The summed E-state index contributed by atoms with van der Waals surface area (Å²) in [5, 5.41) is 12.7. The fourth-order valence-corrected chi connectivity index (χ4v) is 2.36. The van der Waals surface area contributed by atoms with Crippen LogP contribution < -0.4 is 5.32 Å². The van der Waals surface area contributed by atoms with Gasteiger partial charge in [0.1, 0.15) is 0 Å². The molecule has 2 nitrogen and oxygen atoms in total. The van der Waals surface area contributed by atoms with E-state index in [0.29, 0.717) is 6.04 Å². The van der Waals surface area contributed by atoms with Crippen molar-refractivity contribution in [3.63, 3.8) is 0 Å². The molecule has 0 spiro atoms. The number of rotatable bonds is 5. The zero-order valence-corrected chi connectivity index (χ0v) is 14.0. The van der Waals surface area contributed by atoms with Crippen LogP contribution in [0.3, 0.4) is 0 Å². The van der Waals surface area contributed by atoms with E-state index < -0.39 is 0 Å². The quantitative estimate of drug-likeness (QED) is 0.846. The molecule has 20 heavy (non-hydrogen) atoms. The summed E-state index contributed by atoms with van der Waals surface area (Å²) in [4.78, 5) is 0. The highest BCUT2D eigenvalue weighted by molar-refractivity contribution is 5.29. The van der Waals surface area contributed by atoms with Crippen molar-refractivity contribution >= 4 is 0 Å². The van der Waals surface area contributed by atoms with Crippen LogP contribution in [0.1, 0.15) is 71.6 Å². The van der Waals surface area contributed by atoms with E-state index in [-0.39, 0.29) is 17.6 Å². The van der Waals surface area contributed by atoms with E-state index in [0.717, 1.165) is 12.8 Å². The Balaban J connectivity index is 2.90. The van der Waals surface area contributed by atoms with Gasteiger partial charge in [0.15, 0.2) is 0 Å². The Bertz CT molecular complexity index is 395. The summed E-state index contributed by atoms with van der Waals surface area (Å²) in [6, 6.07) is 9.20. The lowest BCUT2D eigenvalue weighted by Crippen LogP contribution is -2.39. The molecule has 1 aromatic rings. The minimum absolute atomic E-state index is 0.0722. The molecule has 0 saturated carbocycles. The SMILES string of the molecule is CC(C)(C)NC(CCCO)c1ccc(C(C)(C)C)cc1. The number of nitrogens with one attached hydrogen (secondary N) is 1. The molecule has 1 atom stereocenters. The highest BCUT2D eigenvalue weighted by Crippen LogP contribution is 2.26. The maximum atomic E-state index is 9.08. The van der Waals surface area contributed by atoms with Gasteiger partial charge >= 0.3 is 0 Å². The van der Waals surface area contributed by atoms with Crippen molar-refractivity contribution in [1.29, 1.82) is 0 Å². The molecule has 0 aliphatic rings. The first kappa shape index (κ1) is 17.2.